The third-order valence-electron chi connectivity index (χ3n) is 3.93. The zero-order valence-electron chi connectivity index (χ0n) is 12.9. The number of methoxy groups -OCH3 is 1. The Hall–Kier alpha value is -2.22. The van der Waals surface area contributed by atoms with Gasteiger partial charge in [0.15, 0.2) is 11.5 Å². The molecule has 3 rings (SSSR count). The normalized spacial score (nSPS) is 18.1. The summed E-state index contributed by atoms with van der Waals surface area (Å²) in [5.41, 5.74) is 1.44. The number of aryl methyl sites for hydroxylation is 2. The number of amides is 1. The molecule has 1 saturated heterocycles. The molecule has 0 aromatic carbocycles. The van der Waals surface area contributed by atoms with Crippen LogP contribution in [0.4, 0.5) is 0 Å². The second-order valence-electron chi connectivity index (χ2n) is 5.51. The predicted molar refractivity (Wildman–Crippen MR) is 76.2 cm³/mol. The van der Waals surface area contributed by atoms with Crippen LogP contribution in [-0.2, 0) is 18.4 Å². The van der Waals surface area contributed by atoms with Gasteiger partial charge in [-0.25, -0.2) is 0 Å². The van der Waals surface area contributed by atoms with Crippen molar-refractivity contribution in [2.75, 3.05) is 20.2 Å². The maximum atomic E-state index is 12.5. The number of ether oxygens (including phenoxy) is 1. The number of carbonyl (C=O) groups is 1. The molecule has 2 aromatic rings. The molecule has 1 aliphatic heterocycles. The van der Waals surface area contributed by atoms with E-state index in [-0.39, 0.29) is 11.8 Å². The van der Waals surface area contributed by atoms with Gasteiger partial charge in [0.05, 0.1) is 0 Å². The van der Waals surface area contributed by atoms with Gasteiger partial charge in [-0.3, -0.25) is 9.48 Å². The summed E-state index contributed by atoms with van der Waals surface area (Å²) >= 11 is 0. The number of hydrogen-bond acceptors (Lipinski definition) is 6. The van der Waals surface area contributed by atoms with E-state index in [9.17, 15) is 4.79 Å². The minimum atomic E-state index is -0.0493. The molecule has 0 bridgehead atoms. The van der Waals surface area contributed by atoms with E-state index in [2.05, 4.69) is 15.2 Å². The van der Waals surface area contributed by atoms with Crippen LogP contribution in [-0.4, -0.2) is 50.9 Å². The molecule has 1 atom stereocenters. The molecule has 8 heteroatoms. The summed E-state index contributed by atoms with van der Waals surface area (Å²) in [7, 11) is 3.41. The first kappa shape index (κ1) is 14.7. The van der Waals surface area contributed by atoms with Crippen LogP contribution >= 0.6 is 0 Å². The third-order valence-corrected chi connectivity index (χ3v) is 3.93. The molecule has 0 N–H and O–H groups in total. The van der Waals surface area contributed by atoms with Crippen molar-refractivity contribution in [2.24, 2.45) is 7.05 Å². The van der Waals surface area contributed by atoms with Gasteiger partial charge in [-0.1, -0.05) is 5.16 Å². The first-order valence-corrected chi connectivity index (χ1v) is 7.20. The maximum absolute atomic E-state index is 12.5. The quantitative estimate of drug-likeness (QED) is 0.833. The molecule has 1 fully saturated rings. The largest absolute Gasteiger partial charge is 0.375 e. The summed E-state index contributed by atoms with van der Waals surface area (Å²) in [5, 5.41) is 8.22. The minimum Gasteiger partial charge on any atom is -0.375 e. The van der Waals surface area contributed by atoms with Crippen molar-refractivity contribution in [1.29, 1.82) is 0 Å². The third kappa shape index (κ3) is 2.74. The minimum absolute atomic E-state index is 0.0493. The van der Waals surface area contributed by atoms with Crippen LogP contribution < -0.4 is 0 Å². The fraction of sp³-hybridized carbons (Fsp3) is 0.571. The number of nitrogens with zero attached hydrogens (tertiary/aromatic N) is 5. The van der Waals surface area contributed by atoms with E-state index in [0.29, 0.717) is 37.1 Å². The van der Waals surface area contributed by atoms with E-state index in [1.807, 2.05) is 14.0 Å². The molecule has 8 nitrogen and oxygen atoms in total. The summed E-state index contributed by atoms with van der Waals surface area (Å²) in [6.45, 7) is 3.48. The first-order chi connectivity index (χ1) is 10.6. The van der Waals surface area contributed by atoms with Crippen molar-refractivity contribution in [3.63, 3.8) is 0 Å². The van der Waals surface area contributed by atoms with E-state index in [1.54, 1.807) is 22.8 Å². The number of aromatic nitrogens is 4. The topological polar surface area (TPSA) is 86.3 Å². The van der Waals surface area contributed by atoms with Crippen LogP contribution in [0.25, 0.3) is 0 Å². The highest BCUT2D eigenvalue weighted by atomic mass is 16.5. The number of rotatable bonds is 4. The fourth-order valence-corrected chi connectivity index (χ4v) is 2.60. The maximum Gasteiger partial charge on any atom is 0.274 e. The Kier molecular flexibility index (Phi) is 3.93. The average Bonchev–Trinajstić information content (AvgIpc) is 3.19. The molecule has 1 aliphatic rings. The first-order valence-electron chi connectivity index (χ1n) is 7.20. The van der Waals surface area contributed by atoms with Crippen LogP contribution in [0.3, 0.4) is 0 Å². The number of hydrogen-bond donors (Lipinski definition) is 0. The highest BCUT2D eigenvalue weighted by Gasteiger charge is 2.32. The number of likely N-dealkylation sites (tertiary alicyclic amines) is 1. The Morgan fingerprint density at radius 2 is 2.36 bits per heavy atom. The second-order valence-corrected chi connectivity index (χ2v) is 5.51. The van der Waals surface area contributed by atoms with E-state index in [1.165, 1.54) is 0 Å². The van der Waals surface area contributed by atoms with Gasteiger partial charge >= 0.3 is 0 Å². The van der Waals surface area contributed by atoms with Crippen LogP contribution in [0.1, 0.15) is 40.2 Å². The highest BCUT2D eigenvalue weighted by Crippen LogP contribution is 2.26. The van der Waals surface area contributed by atoms with Gasteiger partial charge in [-0.05, 0) is 19.4 Å². The molecule has 2 aromatic heterocycles. The Morgan fingerprint density at radius 3 is 3.05 bits per heavy atom. The van der Waals surface area contributed by atoms with Crippen molar-refractivity contribution in [3.8, 4) is 0 Å². The molecule has 118 valence electrons. The fourth-order valence-electron chi connectivity index (χ4n) is 2.60. The average molecular weight is 305 g/mol. The van der Waals surface area contributed by atoms with Crippen molar-refractivity contribution in [2.45, 2.75) is 25.9 Å². The summed E-state index contributed by atoms with van der Waals surface area (Å²) in [6.07, 6.45) is 0.823. The standard InChI is InChI=1S/C14H19N5O3/c1-9-6-11(16-18(9)2)14(20)19-5-4-10(7-19)13-15-12(8-21-3)22-17-13/h6,10H,4-5,7-8H2,1-3H3. The van der Waals surface area contributed by atoms with Crippen LogP contribution in [0, 0.1) is 6.92 Å². The van der Waals surface area contributed by atoms with E-state index >= 15 is 0 Å². The van der Waals surface area contributed by atoms with Gasteiger partial charge in [-0.2, -0.15) is 10.1 Å². The van der Waals surface area contributed by atoms with E-state index < -0.39 is 0 Å². The highest BCUT2D eigenvalue weighted by molar-refractivity contribution is 5.92. The Morgan fingerprint density at radius 1 is 1.55 bits per heavy atom. The summed E-state index contributed by atoms with van der Waals surface area (Å²) in [5.74, 6) is 1.15. The molecule has 1 unspecified atom stereocenters. The summed E-state index contributed by atoms with van der Waals surface area (Å²) in [4.78, 5) is 18.6. The van der Waals surface area contributed by atoms with Gasteiger partial charge in [0, 0.05) is 38.9 Å². The monoisotopic (exact) mass is 305 g/mol. The van der Waals surface area contributed by atoms with Crippen LogP contribution in [0.5, 0.6) is 0 Å². The van der Waals surface area contributed by atoms with Crippen molar-refractivity contribution < 1.29 is 14.1 Å². The SMILES string of the molecule is COCc1nc(C2CCN(C(=O)c3cc(C)n(C)n3)C2)no1. The van der Waals surface area contributed by atoms with Gasteiger partial charge in [0.1, 0.15) is 6.61 Å². The van der Waals surface area contributed by atoms with Gasteiger partial charge in [-0.15, -0.1) is 0 Å². The van der Waals surface area contributed by atoms with Gasteiger partial charge < -0.3 is 14.2 Å². The molecular weight excluding hydrogens is 286 g/mol. The van der Waals surface area contributed by atoms with Crippen molar-refractivity contribution >= 4 is 5.91 Å². The lowest BCUT2D eigenvalue weighted by Gasteiger charge is -2.13. The lowest BCUT2D eigenvalue weighted by atomic mass is 10.1. The van der Waals surface area contributed by atoms with Crippen molar-refractivity contribution in [1.82, 2.24) is 24.8 Å². The van der Waals surface area contributed by atoms with Crippen molar-refractivity contribution in [3.05, 3.63) is 29.2 Å². The molecule has 1 amide bonds. The van der Waals surface area contributed by atoms with Gasteiger partial charge in [0.25, 0.3) is 11.8 Å². The lowest BCUT2D eigenvalue weighted by molar-refractivity contribution is 0.0784. The molecule has 0 saturated carbocycles. The zero-order chi connectivity index (χ0) is 15.7. The molecule has 0 aliphatic carbocycles. The summed E-state index contributed by atoms with van der Waals surface area (Å²) < 4.78 is 11.8. The van der Waals surface area contributed by atoms with Crippen LogP contribution in [0.2, 0.25) is 0 Å². The van der Waals surface area contributed by atoms with E-state index in [0.717, 1.165) is 12.1 Å². The molecule has 0 spiro atoms. The lowest BCUT2D eigenvalue weighted by Crippen LogP contribution is -2.29. The summed E-state index contributed by atoms with van der Waals surface area (Å²) in [6, 6.07) is 1.81. The number of carbonyl (C=O) groups excluding carboxylic acids is 1. The predicted octanol–water partition coefficient (Wildman–Crippen LogP) is 0.888. The smallest absolute Gasteiger partial charge is 0.274 e. The Labute approximate surface area is 128 Å². The Bertz CT molecular complexity index is 658. The zero-order valence-corrected chi connectivity index (χ0v) is 12.9. The Balaban J connectivity index is 1.67. The van der Waals surface area contributed by atoms with E-state index in [4.69, 9.17) is 9.26 Å². The van der Waals surface area contributed by atoms with Gasteiger partial charge in [0.2, 0.25) is 0 Å². The molecule has 3 heterocycles. The molecular formula is C14H19N5O3. The molecule has 22 heavy (non-hydrogen) atoms. The second kappa shape index (κ2) is 5.88. The van der Waals surface area contributed by atoms with Crippen LogP contribution in [0.15, 0.2) is 10.6 Å². The molecule has 0 radical (unpaired) electrons.